The Bertz CT molecular complexity index is 218. The van der Waals surface area contributed by atoms with Crippen molar-refractivity contribution in [3.8, 4) is 0 Å². The topological polar surface area (TPSA) is 19.9 Å². The quantitative estimate of drug-likeness (QED) is 0.628. The molecule has 0 saturated carbocycles. The van der Waals surface area contributed by atoms with E-state index in [1.165, 1.54) is 24.3 Å². The average molecular weight is 157 g/mol. The lowest BCUT2D eigenvalue weighted by Crippen LogP contribution is -1.85. The molecule has 0 aliphatic carbocycles. The number of hydrogen-bond donors (Lipinski definition) is 0. The van der Waals surface area contributed by atoms with Crippen LogP contribution in [-0.4, -0.2) is 0 Å². The van der Waals surface area contributed by atoms with Crippen molar-refractivity contribution in [1.29, 1.82) is 0 Å². The van der Waals surface area contributed by atoms with Gasteiger partial charge in [-0.25, -0.2) is 13.9 Å². The van der Waals surface area contributed by atoms with Crippen LogP contribution in [0.25, 0.3) is 0 Å². The molecule has 1 aromatic carbocycles. The van der Waals surface area contributed by atoms with Gasteiger partial charge < -0.3 is 0 Å². The predicted molar refractivity (Wildman–Crippen MR) is 35.8 cm³/mol. The molecule has 0 fully saturated rings. The van der Waals surface area contributed by atoms with Crippen LogP contribution >= 0.6 is 0 Å². The van der Waals surface area contributed by atoms with Crippen LogP contribution in [0.3, 0.4) is 0 Å². The van der Waals surface area contributed by atoms with Gasteiger partial charge in [-0.1, -0.05) is 24.3 Å². The molecule has 0 spiro atoms. The van der Waals surface area contributed by atoms with Crippen molar-refractivity contribution in [3.05, 3.63) is 35.4 Å². The van der Waals surface area contributed by atoms with Crippen LogP contribution in [0.15, 0.2) is 24.3 Å². The molecular weight excluding hydrogens is 150 g/mol. The first-order valence-electron chi connectivity index (χ1n) is 3.19. The number of benzene rings is 1. The number of alkyl halides is 2. The second-order valence-electron chi connectivity index (χ2n) is 2.19. The van der Waals surface area contributed by atoms with Gasteiger partial charge in [0.15, 0.2) is 0 Å². The van der Waals surface area contributed by atoms with Crippen LogP contribution in [0.5, 0.6) is 0 Å². The molecule has 0 heterocycles. The standard InChI is InChI=1S/C8H7F2O/c9-8(10)7-3-1-6(5-11)2-4-7/h1-4,8H,5H2. The van der Waals surface area contributed by atoms with E-state index < -0.39 is 6.43 Å². The first-order valence-corrected chi connectivity index (χ1v) is 3.19. The van der Waals surface area contributed by atoms with Crippen molar-refractivity contribution in [2.45, 2.75) is 13.0 Å². The Labute approximate surface area is 63.3 Å². The normalized spacial score (nSPS) is 10.5. The molecular formula is C8H7F2O. The van der Waals surface area contributed by atoms with Crippen molar-refractivity contribution in [2.75, 3.05) is 0 Å². The van der Waals surface area contributed by atoms with E-state index in [-0.39, 0.29) is 12.2 Å². The fourth-order valence-corrected chi connectivity index (χ4v) is 0.759. The Morgan fingerprint density at radius 1 is 1.18 bits per heavy atom. The lowest BCUT2D eigenvalue weighted by Gasteiger charge is -1.98. The van der Waals surface area contributed by atoms with Crippen LogP contribution in [0, 0.1) is 0 Å². The molecule has 0 amide bonds. The van der Waals surface area contributed by atoms with Crippen molar-refractivity contribution in [2.24, 2.45) is 0 Å². The zero-order valence-corrected chi connectivity index (χ0v) is 5.76. The van der Waals surface area contributed by atoms with Crippen LogP contribution in [0.1, 0.15) is 17.6 Å². The Balaban J connectivity index is 2.83. The van der Waals surface area contributed by atoms with E-state index in [0.29, 0.717) is 5.56 Å². The molecule has 11 heavy (non-hydrogen) atoms. The van der Waals surface area contributed by atoms with Crippen molar-refractivity contribution >= 4 is 0 Å². The van der Waals surface area contributed by atoms with E-state index in [1.807, 2.05) is 0 Å². The third-order valence-corrected chi connectivity index (χ3v) is 1.40. The maximum Gasteiger partial charge on any atom is 0.263 e. The van der Waals surface area contributed by atoms with Gasteiger partial charge in [-0.05, 0) is 5.56 Å². The van der Waals surface area contributed by atoms with Gasteiger partial charge in [-0.15, -0.1) is 0 Å². The first kappa shape index (κ1) is 8.14. The number of rotatable bonds is 2. The zero-order valence-electron chi connectivity index (χ0n) is 5.76. The maximum atomic E-state index is 11.9. The molecule has 0 N–H and O–H groups in total. The molecule has 0 bridgehead atoms. The molecule has 3 heteroatoms. The third kappa shape index (κ3) is 1.98. The molecule has 0 aliphatic rings. The average Bonchev–Trinajstić information content (AvgIpc) is 2.05. The van der Waals surface area contributed by atoms with Gasteiger partial charge in [0.05, 0.1) is 0 Å². The highest BCUT2D eigenvalue weighted by molar-refractivity contribution is 5.22. The number of halogens is 2. The summed E-state index contributed by atoms with van der Waals surface area (Å²) in [5, 5.41) is 10.2. The molecule has 1 radical (unpaired) electrons. The van der Waals surface area contributed by atoms with Crippen LogP contribution in [-0.2, 0) is 11.7 Å². The largest absolute Gasteiger partial charge is 0.263 e. The summed E-state index contributed by atoms with van der Waals surface area (Å²) < 4.78 is 23.8. The fraction of sp³-hybridized carbons (Fsp3) is 0.250. The Kier molecular flexibility index (Phi) is 2.54. The van der Waals surface area contributed by atoms with Gasteiger partial charge in [0.25, 0.3) is 6.43 Å². The molecule has 1 rings (SSSR count). The Hall–Kier alpha value is -0.960. The minimum absolute atomic E-state index is 0.0396. The van der Waals surface area contributed by atoms with Crippen LogP contribution in [0.4, 0.5) is 8.78 Å². The van der Waals surface area contributed by atoms with Gasteiger partial charge in [0, 0.05) is 5.56 Å². The van der Waals surface area contributed by atoms with E-state index in [1.54, 1.807) is 0 Å². The maximum absolute atomic E-state index is 11.9. The lowest BCUT2D eigenvalue weighted by molar-refractivity contribution is 0.151. The van der Waals surface area contributed by atoms with Gasteiger partial charge in [0.2, 0.25) is 0 Å². The monoisotopic (exact) mass is 157 g/mol. The van der Waals surface area contributed by atoms with Crippen molar-refractivity contribution in [3.63, 3.8) is 0 Å². The second-order valence-corrected chi connectivity index (χ2v) is 2.19. The molecule has 0 saturated heterocycles. The summed E-state index contributed by atoms with van der Waals surface area (Å²) in [4.78, 5) is 0. The first-order chi connectivity index (χ1) is 5.24. The zero-order chi connectivity index (χ0) is 8.27. The third-order valence-electron chi connectivity index (χ3n) is 1.40. The smallest absolute Gasteiger partial charge is 0.232 e. The molecule has 0 atom stereocenters. The number of hydrogen-bond acceptors (Lipinski definition) is 0. The summed E-state index contributed by atoms with van der Waals surface area (Å²) >= 11 is 0. The lowest BCUT2D eigenvalue weighted by atomic mass is 10.1. The van der Waals surface area contributed by atoms with Gasteiger partial charge in [-0.3, -0.25) is 0 Å². The van der Waals surface area contributed by atoms with E-state index in [9.17, 15) is 13.9 Å². The van der Waals surface area contributed by atoms with Gasteiger partial charge in [-0.2, -0.15) is 0 Å². The highest BCUT2D eigenvalue weighted by atomic mass is 19.3. The van der Waals surface area contributed by atoms with Crippen LogP contribution in [0.2, 0.25) is 0 Å². The predicted octanol–water partition coefficient (Wildman–Crippen LogP) is 2.55. The summed E-state index contributed by atoms with van der Waals surface area (Å²) in [5.41, 5.74) is 0.497. The van der Waals surface area contributed by atoms with Gasteiger partial charge in [0.1, 0.15) is 6.61 Å². The van der Waals surface area contributed by atoms with Crippen LogP contribution < -0.4 is 0 Å². The van der Waals surface area contributed by atoms with Crippen molar-refractivity contribution in [1.82, 2.24) is 0 Å². The SMILES string of the molecule is [O]Cc1ccc(C(F)F)cc1. The Morgan fingerprint density at radius 2 is 1.73 bits per heavy atom. The highest BCUT2D eigenvalue weighted by Gasteiger charge is 2.04. The minimum Gasteiger partial charge on any atom is -0.232 e. The molecule has 1 aromatic rings. The summed E-state index contributed by atoms with van der Waals surface area (Å²) in [6.07, 6.45) is -2.45. The summed E-state index contributed by atoms with van der Waals surface area (Å²) in [5.74, 6) is 0. The highest BCUT2D eigenvalue weighted by Crippen LogP contribution is 2.18. The second kappa shape index (κ2) is 3.44. The van der Waals surface area contributed by atoms with E-state index >= 15 is 0 Å². The Morgan fingerprint density at radius 3 is 2.09 bits per heavy atom. The summed E-state index contributed by atoms with van der Waals surface area (Å²) in [6.45, 7) is -0.358. The van der Waals surface area contributed by atoms with Crippen molar-refractivity contribution < 1.29 is 13.9 Å². The van der Waals surface area contributed by atoms with E-state index in [2.05, 4.69) is 0 Å². The minimum atomic E-state index is -2.45. The molecule has 1 nitrogen and oxygen atoms in total. The fourth-order valence-electron chi connectivity index (χ4n) is 0.759. The van der Waals surface area contributed by atoms with E-state index in [4.69, 9.17) is 0 Å². The van der Waals surface area contributed by atoms with Gasteiger partial charge >= 0.3 is 0 Å². The summed E-state index contributed by atoms with van der Waals surface area (Å²) in [6, 6.07) is 5.40. The van der Waals surface area contributed by atoms with E-state index in [0.717, 1.165) is 0 Å². The molecule has 0 aliphatic heterocycles. The molecule has 59 valence electrons. The molecule has 0 aromatic heterocycles. The molecule has 0 unspecified atom stereocenters. The summed E-state index contributed by atoms with van der Waals surface area (Å²) in [7, 11) is 0.